The average molecular weight is 448 g/mol. The molecule has 1 aliphatic heterocycles. The Bertz CT molecular complexity index is 1260. The van der Waals surface area contributed by atoms with Crippen molar-refractivity contribution >= 4 is 34.3 Å². The van der Waals surface area contributed by atoms with Crippen molar-refractivity contribution in [3.63, 3.8) is 0 Å². The third kappa shape index (κ3) is 4.14. The van der Waals surface area contributed by atoms with Crippen LogP contribution in [0.25, 0.3) is 11.1 Å². The summed E-state index contributed by atoms with van der Waals surface area (Å²) < 4.78 is 5.86. The van der Waals surface area contributed by atoms with Gasteiger partial charge in [0.15, 0.2) is 11.5 Å². The fourth-order valence-electron chi connectivity index (χ4n) is 4.03. The third-order valence-electron chi connectivity index (χ3n) is 5.74. The van der Waals surface area contributed by atoms with E-state index in [9.17, 15) is 9.90 Å². The van der Waals surface area contributed by atoms with Crippen molar-refractivity contribution in [1.29, 1.82) is 0 Å². The van der Waals surface area contributed by atoms with Crippen LogP contribution in [0.4, 0.5) is 5.69 Å². The number of aromatic hydroxyl groups is 1. The predicted octanol–water partition coefficient (Wildman–Crippen LogP) is 4.74. The number of phenols is 1. The Morgan fingerprint density at radius 3 is 2.50 bits per heavy atom. The molecule has 1 aliphatic rings. The van der Waals surface area contributed by atoms with Gasteiger partial charge in [0.25, 0.3) is 5.91 Å². The number of para-hydroxylation sites is 2. The van der Waals surface area contributed by atoms with Crippen LogP contribution >= 0.6 is 11.6 Å². The fraction of sp³-hybridized carbons (Fsp3) is 0.200. The lowest BCUT2D eigenvalue weighted by atomic mass is 10.1. The minimum absolute atomic E-state index is 0.0221. The number of phenolic OH excluding ortho intramolecular Hbond substituents is 1. The summed E-state index contributed by atoms with van der Waals surface area (Å²) in [5, 5.41) is 10.8. The number of fused-ring (bicyclic) bond motifs is 1. The molecule has 2 heterocycles. The maximum absolute atomic E-state index is 13.1. The Hall–Kier alpha value is -3.51. The first-order valence-electron chi connectivity index (χ1n) is 10.5. The van der Waals surface area contributed by atoms with E-state index >= 15 is 0 Å². The van der Waals surface area contributed by atoms with Crippen LogP contribution in [-0.2, 0) is 6.42 Å². The number of hydrogen-bond donors (Lipinski definition) is 1. The molecular formula is C25H22ClN3O3. The van der Waals surface area contributed by atoms with E-state index < -0.39 is 0 Å². The molecule has 0 radical (unpaired) electrons. The van der Waals surface area contributed by atoms with Gasteiger partial charge in [-0.05, 0) is 48.0 Å². The molecule has 1 amide bonds. The van der Waals surface area contributed by atoms with E-state index in [0.29, 0.717) is 60.2 Å². The minimum Gasteiger partial charge on any atom is -0.506 e. The highest BCUT2D eigenvalue weighted by atomic mass is 35.5. The van der Waals surface area contributed by atoms with Gasteiger partial charge in [-0.2, -0.15) is 0 Å². The highest BCUT2D eigenvalue weighted by molar-refractivity contribution is 6.30. The first kappa shape index (κ1) is 20.4. The van der Waals surface area contributed by atoms with Gasteiger partial charge in [-0.15, -0.1) is 0 Å². The topological polar surface area (TPSA) is 69.8 Å². The highest BCUT2D eigenvalue weighted by Crippen LogP contribution is 2.28. The molecule has 4 aromatic rings. The van der Waals surface area contributed by atoms with Crippen molar-refractivity contribution in [3.8, 4) is 5.75 Å². The van der Waals surface area contributed by atoms with Gasteiger partial charge in [-0.3, -0.25) is 4.79 Å². The van der Waals surface area contributed by atoms with Crippen LogP contribution < -0.4 is 4.90 Å². The molecule has 7 heteroatoms. The average Bonchev–Trinajstić information content (AvgIpc) is 3.22. The second-order valence-corrected chi connectivity index (χ2v) is 8.30. The minimum atomic E-state index is -0.0221. The van der Waals surface area contributed by atoms with Crippen LogP contribution in [-0.4, -0.2) is 47.1 Å². The SMILES string of the molecule is O=C(c1ccc2oc(Cc3ccc(Cl)cc3)nc2c1)N1CCN(c2ccccc2O)CC1. The summed E-state index contributed by atoms with van der Waals surface area (Å²) in [5.41, 5.74) is 3.79. The fourth-order valence-corrected chi connectivity index (χ4v) is 4.15. The van der Waals surface area contributed by atoms with Crippen molar-refractivity contribution in [2.45, 2.75) is 6.42 Å². The monoisotopic (exact) mass is 447 g/mol. The number of nitrogens with zero attached hydrogens (tertiary/aromatic N) is 3. The van der Waals surface area contributed by atoms with E-state index in [-0.39, 0.29) is 11.7 Å². The maximum Gasteiger partial charge on any atom is 0.254 e. The molecule has 0 atom stereocenters. The van der Waals surface area contributed by atoms with E-state index in [1.807, 2.05) is 41.3 Å². The molecule has 3 aromatic carbocycles. The zero-order chi connectivity index (χ0) is 22.1. The largest absolute Gasteiger partial charge is 0.506 e. The number of piperazine rings is 1. The van der Waals surface area contributed by atoms with Gasteiger partial charge in [0.1, 0.15) is 11.3 Å². The van der Waals surface area contributed by atoms with Gasteiger partial charge in [-0.1, -0.05) is 35.9 Å². The second-order valence-electron chi connectivity index (χ2n) is 7.86. The number of rotatable bonds is 4. The van der Waals surface area contributed by atoms with E-state index in [1.165, 1.54) is 0 Å². The lowest BCUT2D eigenvalue weighted by molar-refractivity contribution is 0.0747. The van der Waals surface area contributed by atoms with Gasteiger partial charge in [0.05, 0.1) is 5.69 Å². The van der Waals surface area contributed by atoms with Crippen molar-refractivity contribution in [1.82, 2.24) is 9.88 Å². The number of hydrogen-bond acceptors (Lipinski definition) is 5. The number of amides is 1. The molecule has 1 fully saturated rings. The quantitative estimate of drug-likeness (QED) is 0.489. The Labute approximate surface area is 190 Å². The van der Waals surface area contributed by atoms with Crippen LogP contribution in [0.2, 0.25) is 5.02 Å². The van der Waals surface area contributed by atoms with E-state index in [4.69, 9.17) is 16.0 Å². The summed E-state index contributed by atoms with van der Waals surface area (Å²) >= 11 is 5.95. The standard InChI is InChI=1S/C25H22ClN3O3/c26-19-8-5-17(6-9-19)15-24-27-20-16-18(7-10-23(20)32-24)25(31)29-13-11-28(12-14-29)21-3-1-2-4-22(21)30/h1-10,16,30H,11-15H2. The van der Waals surface area contributed by atoms with Crippen LogP contribution in [0.15, 0.2) is 71.1 Å². The van der Waals surface area contributed by atoms with Crippen molar-refractivity contribution in [2.24, 2.45) is 0 Å². The number of anilines is 1. The number of benzene rings is 3. The van der Waals surface area contributed by atoms with Gasteiger partial charge >= 0.3 is 0 Å². The molecule has 32 heavy (non-hydrogen) atoms. The molecule has 0 bridgehead atoms. The molecular weight excluding hydrogens is 426 g/mol. The van der Waals surface area contributed by atoms with Crippen LogP contribution in [0.5, 0.6) is 5.75 Å². The molecule has 0 unspecified atom stereocenters. The van der Waals surface area contributed by atoms with Crippen LogP contribution in [0.1, 0.15) is 21.8 Å². The van der Waals surface area contributed by atoms with E-state index in [1.54, 1.807) is 30.3 Å². The Morgan fingerprint density at radius 1 is 1.00 bits per heavy atom. The molecule has 0 aliphatic carbocycles. The summed E-state index contributed by atoms with van der Waals surface area (Å²) in [7, 11) is 0. The second kappa shape index (κ2) is 8.55. The molecule has 0 spiro atoms. The van der Waals surface area contributed by atoms with E-state index in [2.05, 4.69) is 9.88 Å². The Kier molecular flexibility index (Phi) is 5.45. The normalized spacial score (nSPS) is 14.2. The Balaban J connectivity index is 1.28. The predicted molar refractivity (Wildman–Crippen MR) is 124 cm³/mol. The molecule has 0 saturated carbocycles. The molecule has 6 nitrogen and oxygen atoms in total. The Morgan fingerprint density at radius 2 is 1.75 bits per heavy atom. The summed E-state index contributed by atoms with van der Waals surface area (Å²) in [6, 6.07) is 20.2. The molecule has 5 rings (SSSR count). The van der Waals surface area contributed by atoms with Gasteiger partial charge in [0.2, 0.25) is 0 Å². The first-order valence-corrected chi connectivity index (χ1v) is 10.9. The lowest BCUT2D eigenvalue weighted by Crippen LogP contribution is -2.48. The molecule has 1 saturated heterocycles. The smallest absolute Gasteiger partial charge is 0.254 e. The summed E-state index contributed by atoms with van der Waals surface area (Å²) in [5.74, 6) is 0.840. The van der Waals surface area contributed by atoms with Crippen molar-refractivity contribution in [2.75, 3.05) is 31.1 Å². The number of carbonyl (C=O) groups is 1. The lowest BCUT2D eigenvalue weighted by Gasteiger charge is -2.36. The van der Waals surface area contributed by atoms with Gasteiger partial charge in [-0.25, -0.2) is 4.98 Å². The van der Waals surface area contributed by atoms with Crippen molar-refractivity contribution in [3.05, 3.63) is 88.8 Å². The van der Waals surface area contributed by atoms with Crippen molar-refractivity contribution < 1.29 is 14.3 Å². The zero-order valence-electron chi connectivity index (χ0n) is 17.4. The molecule has 1 aromatic heterocycles. The zero-order valence-corrected chi connectivity index (χ0v) is 18.1. The number of aromatic nitrogens is 1. The van der Waals surface area contributed by atoms with E-state index in [0.717, 1.165) is 11.3 Å². The van der Waals surface area contributed by atoms with Gasteiger partial charge < -0.3 is 19.3 Å². The highest BCUT2D eigenvalue weighted by Gasteiger charge is 2.24. The third-order valence-corrected chi connectivity index (χ3v) is 5.99. The van der Waals surface area contributed by atoms with Gasteiger partial charge in [0, 0.05) is 43.2 Å². The number of halogens is 1. The molecule has 162 valence electrons. The molecule has 1 N–H and O–H groups in total. The first-order chi connectivity index (χ1) is 15.6. The summed E-state index contributed by atoms with van der Waals surface area (Å²) in [6.07, 6.45) is 0.559. The number of oxazole rings is 1. The van der Waals surface area contributed by atoms with Crippen LogP contribution in [0, 0.1) is 0 Å². The van der Waals surface area contributed by atoms with Crippen LogP contribution in [0.3, 0.4) is 0 Å². The maximum atomic E-state index is 13.1. The summed E-state index contributed by atoms with van der Waals surface area (Å²) in [6.45, 7) is 2.51. The summed E-state index contributed by atoms with van der Waals surface area (Å²) in [4.78, 5) is 21.6. The number of carbonyl (C=O) groups excluding carboxylic acids is 1.